The Morgan fingerprint density at radius 2 is 2.06 bits per heavy atom. The third kappa shape index (κ3) is 4.47. The molecule has 100 valence electrons. The number of anilines is 1. The lowest BCUT2D eigenvalue weighted by Gasteiger charge is -2.15. The highest BCUT2D eigenvalue weighted by molar-refractivity contribution is 6.00. The number of benzene rings is 1. The van der Waals surface area contributed by atoms with Gasteiger partial charge in [0.05, 0.1) is 6.04 Å². The highest BCUT2D eigenvalue weighted by atomic mass is 16.5. The number of hydrogen-bond donors (Lipinski definition) is 2. The van der Waals surface area contributed by atoms with Crippen molar-refractivity contribution in [1.29, 1.82) is 0 Å². The molecule has 18 heavy (non-hydrogen) atoms. The predicted molar refractivity (Wildman–Crippen MR) is 73.8 cm³/mol. The van der Waals surface area contributed by atoms with Gasteiger partial charge in [0, 0.05) is 25.0 Å². The molecule has 1 aromatic carbocycles. The van der Waals surface area contributed by atoms with Crippen molar-refractivity contribution < 1.29 is 9.53 Å². The minimum atomic E-state index is -0.134. The van der Waals surface area contributed by atoms with Crippen LogP contribution in [0, 0.1) is 0 Å². The number of hydrogen-bond acceptors (Lipinski definition) is 4. The Labute approximate surface area is 109 Å². The topological polar surface area (TPSA) is 64.3 Å². The number of nitrogen functional groups attached to an aromatic ring is 1. The first-order valence-electron chi connectivity index (χ1n) is 6.31. The number of nitrogens with two attached hydrogens (primary N) is 1. The summed E-state index contributed by atoms with van der Waals surface area (Å²) in [4.78, 5) is 12.2. The Hall–Kier alpha value is -1.39. The second-order valence-corrected chi connectivity index (χ2v) is 4.25. The summed E-state index contributed by atoms with van der Waals surface area (Å²) >= 11 is 0. The van der Waals surface area contributed by atoms with E-state index in [0.717, 1.165) is 19.4 Å². The van der Waals surface area contributed by atoms with Gasteiger partial charge in [-0.2, -0.15) is 0 Å². The predicted octanol–water partition coefficient (Wildman–Crippen LogP) is 1.86. The highest BCUT2D eigenvalue weighted by Crippen LogP contribution is 2.09. The van der Waals surface area contributed by atoms with E-state index < -0.39 is 0 Å². The van der Waals surface area contributed by atoms with E-state index in [-0.39, 0.29) is 11.8 Å². The first kappa shape index (κ1) is 14.7. The van der Waals surface area contributed by atoms with Gasteiger partial charge in [-0.3, -0.25) is 4.79 Å². The lowest BCUT2D eigenvalue weighted by Crippen LogP contribution is -2.37. The van der Waals surface area contributed by atoms with Gasteiger partial charge >= 0.3 is 0 Å². The average Bonchev–Trinajstić information content (AvgIpc) is 2.39. The Kier molecular flexibility index (Phi) is 6.39. The quantitative estimate of drug-likeness (QED) is 0.420. The molecule has 1 atom stereocenters. The van der Waals surface area contributed by atoms with Crippen molar-refractivity contribution in [2.75, 3.05) is 26.0 Å². The van der Waals surface area contributed by atoms with Crippen LogP contribution in [0.2, 0.25) is 0 Å². The molecule has 4 heteroatoms. The van der Waals surface area contributed by atoms with Crippen molar-refractivity contribution in [2.45, 2.75) is 25.8 Å². The SMILES string of the molecule is CCC(NCCCOC)C(=O)c1ccc(N)cc1. The van der Waals surface area contributed by atoms with Crippen molar-refractivity contribution in [1.82, 2.24) is 5.32 Å². The maximum Gasteiger partial charge on any atom is 0.179 e. The summed E-state index contributed by atoms with van der Waals surface area (Å²) in [5, 5.41) is 3.26. The van der Waals surface area contributed by atoms with E-state index in [9.17, 15) is 4.79 Å². The molecule has 0 fully saturated rings. The molecular weight excluding hydrogens is 228 g/mol. The summed E-state index contributed by atoms with van der Waals surface area (Å²) in [5.41, 5.74) is 6.99. The molecule has 0 heterocycles. The van der Waals surface area contributed by atoms with E-state index in [1.807, 2.05) is 6.92 Å². The van der Waals surface area contributed by atoms with Crippen LogP contribution in [-0.4, -0.2) is 32.1 Å². The van der Waals surface area contributed by atoms with E-state index in [4.69, 9.17) is 10.5 Å². The Morgan fingerprint density at radius 3 is 2.61 bits per heavy atom. The summed E-state index contributed by atoms with van der Waals surface area (Å²) in [6.45, 7) is 3.50. The number of Topliss-reactive ketones (excluding diaryl/α,β-unsaturated/α-hetero) is 1. The molecule has 0 radical (unpaired) electrons. The van der Waals surface area contributed by atoms with Crippen LogP contribution < -0.4 is 11.1 Å². The van der Waals surface area contributed by atoms with Crippen molar-refractivity contribution in [2.24, 2.45) is 0 Å². The van der Waals surface area contributed by atoms with Gasteiger partial charge < -0.3 is 15.8 Å². The molecule has 0 saturated carbocycles. The lowest BCUT2D eigenvalue weighted by atomic mass is 10.0. The molecule has 0 bridgehead atoms. The average molecular weight is 250 g/mol. The van der Waals surface area contributed by atoms with Crippen LogP contribution in [-0.2, 0) is 4.74 Å². The number of nitrogens with one attached hydrogen (secondary N) is 1. The van der Waals surface area contributed by atoms with Crippen LogP contribution in [0.5, 0.6) is 0 Å². The summed E-state index contributed by atoms with van der Waals surface area (Å²) in [7, 11) is 1.68. The second-order valence-electron chi connectivity index (χ2n) is 4.25. The zero-order valence-electron chi connectivity index (χ0n) is 11.1. The molecule has 0 aliphatic carbocycles. The minimum absolute atomic E-state index is 0.120. The molecule has 1 rings (SSSR count). The van der Waals surface area contributed by atoms with Crippen LogP contribution >= 0.6 is 0 Å². The zero-order chi connectivity index (χ0) is 13.4. The zero-order valence-corrected chi connectivity index (χ0v) is 11.1. The summed E-state index contributed by atoms with van der Waals surface area (Å²) < 4.78 is 4.98. The number of carbonyl (C=O) groups excluding carboxylic acids is 1. The third-order valence-corrected chi connectivity index (χ3v) is 2.84. The number of ketones is 1. The van der Waals surface area contributed by atoms with Crippen LogP contribution in [0.15, 0.2) is 24.3 Å². The van der Waals surface area contributed by atoms with Gasteiger partial charge in [-0.05, 0) is 43.7 Å². The molecular formula is C14H22N2O2. The van der Waals surface area contributed by atoms with E-state index in [1.165, 1.54) is 0 Å². The van der Waals surface area contributed by atoms with Crippen LogP contribution in [0.4, 0.5) is 5.69 Å². The number of methoxy groups -OCH3 is 1. The Balaban J connectivity index is 2.53. The van der Waals surface area contributed by atoms with Gasteiger partial charge in [-0.25, -0.2) is 0 Å². The smallest absolute Gasteiger partial charge is 0.179 e. The van der Waals surface area contributed by atoms with E-state index >= 15 is 0 Å². The highest BCUT2D eigenvalue weighted by Gasteiger charge is 2.17. The number of carbonyl (C=O) groups is 1. The largest absolute Gasteiger partial charge is 0.399 e. The standard InChI is InChI=1S/C14H22N2O2/c1-3-13(16-9-4-10-18-2)14(17)11-5-7-12(15)8-6-11/h5-8,13,16H,3-4,9-10,15H2,1-2H3. The second kappa shape index (κ2) is 7.84. The Bertz CT molecular complexity index is 363. The molecule has 0 aliphatic heterocycles. The van der Waals surface area contributed by atoms with E-state index in [0.29, 0.717) is 17.9 Å². The molecule has 0 spiro atoms. The first-order valence-corrected chi connectivity index (χ1v) is 6.31. The molecule has 0 amide bonds. The molecule has 0 aromatic heterocycles. The minimum Gasteiger partial charge on any atom is -0.399 e. The van der Waals surface area contributed by atoms with Gasteiger partial charge in [0.1, 0.15) is 0 Å². The van der Waals surface area contributed by atoms with Gasteiger partial charge in [-0.15, -0.1) is 0 Å². The third-order valence-electron chi connectivity index (χ3n) is 2.84. The number of rotatable bonds is 8. The number of ether oxygens (including phenoxy) is 1. The van der Waals surface area contributed by atoms with Crippen molar-refractivity contribution in [3.63, 3.8) is 0 Å². The molecule has 0 saturated heterocycles. The first-order chi connectivity index (χ1) is 8.69. The van der Waals surface area contributed by atoms with Gasteiger partial charge in [-0.1, -0.05) is 6.92 Å². The molecule has 1 unspecified atom stereocenters. The fraction of sp³-hybridized carbons (Fsp3) is 0.500. The maximum absolute atomic E-state index is 12.2. The fourth-order valence-electron chi connectivity index (χ4n) is 1.76. The lowest BCUT2D eigenvalue weighted by molar-refractivity contribution is 0.0938. The molecule has 4 nitrogen and oxygen atoms in total. The van der Waals surface area contributed by atoms with Gasteiger partial charge in [0.25, 0.3) is 0 Å². The fourth-order valence-corrected chi connectivity index (χ4v) is 1.76. The monoisotopic (exact) mass is 250 g/mol. The van der Waals surface area contributed by atoms with Crippen molar-refractivity contribution in [3.05, 3.63) is 29.8 Å². The maximum atomic E-state index is 12.2. The van der Waals surface area contributed by atoms with Gasteiger partial charge in [0.2, 0.25) is 0 Å². The van der Waals surface area contributed by atoms with E-state index in [2.05, 4.69) is 5.32 Å². The van der Waals surface area contributed by atoms with Crippen molar-refractivity contribution >= 4 is 11.5 Å². The van der Waals surface area contributed by atoms with Crippen LogP contribution in [0.25, 0.3) is 0 Å². The summed E-state index contributed by atoms with van der Waals surface area (Å²) in [5.74, 6) is 0.120. The van der Waals surface area contributed by atoms with Gasteiger partial charge in [0.15, 0.2) is 5.78 Å². The molecule has 1 aromatic rings. The Morgan fingerprint density at radius 1 is 1.39 bits per heavy atom. The van der Waals surface area contributed by atoms with E-state index in [1.54, 1.807) is 31.4 Å². The summed E-state index contributed by atoms with van der Waals surface area (Å²) in [6.07, 6.45) is 1.68. The van der Waals surface area contributed by atoms with Crippen LogP contribution in [0.1, 0.15) is 30.1 Å². The molecule has 0 aliphatic rings. The molecule has 3 N–H and O–H groups in total. The summed E-state index contributed by atoms with van der Waals surface area (Å²) in [6, 6.07) is 6.93. The van der Waals surface area contributed by atoms with Crippen LogP contribution in [0.3, 0.4) is 0 Å². The van der Waals surface area contributed by atoms with Crippen molar-refractivity contribution in [3.8, 4) is 0 Å². The normalized spacial score (nSPS) is 12.3.